The summed E-state index contributed by atoms with van der Waals surface area (Å²) >= 11 is 0. The Balaban J connectivity index is 1.06. The summed E-state index contributed by atoms with van der Waals surface area (Å²) in [5.41, 5.74) is -1.15. The zero-order valence-corrected chi connectivity index (χ0v) is 29.4. The SMILES string of the molecule is CCC1C=CCCC2(CC3CCC4C(C(=O)OCCCCCCCCCCCCCCCC(=O)O)C5(CCCC(C)O5)NC(=[N+]34)N2)O1. The molecule has 0 aromatic heterocycles. The fourth-order valence-corrected chi connectivity index (χ4v) is 8.98. The highest BCUT2D eigenvalue weighted by Gasteiger charge is 2.64. The third-order valence-electron chi connectivity index (χ3n) is 11.4. The number of rotatable bonds is 18. The maximum atomic E-state index is 14.0. The minimum atomic E-state index is -0.751. The smallest absolute Gasteiger partial charge is 0.350 e. The van der Waals surface area contributed by atoms with E-state index >= 15 is 0 Å². The third kappa shape index (κ3) is 9.52. The number of carboxylic acids is 1. The Hall–Kier alpha value is -2.13. The molecule has 47 heavy (non-hydrogen) atoms. The average molecular weight is 659 g/mol. The van der Waals surface area contributed by atoms with Crippen LogP contribution in [0.5, 0.6) is 0 Å². The molecule has 2 saturated heterocycles. The Morgan fingerprint density at radius 3 is 2.26 bits per heavy atom. The first-order valence-corrected chi connectivity index (χ1v) is 19.5. The summed E-state index contributed by atoms with van der Waals surface area (Å²) in [5, 5.41) is 16.4. The van der Waals surface area contributed by atoms with Gasteiger partial charge in [-0.1, -0.05) is 89.7 Å². The third-order valence-corrected chi connectivity index (χ3v) is 11.4. The highest BCUT2D eigenvalue weighted by molar-refractivity contribution is 5.82. The topological polar surface area (TPSA) is 109 Å². The van der Waals surface area contributed by atoms with Crippen LogP contribution in [0.2, 0.25) is 0 Å². The molecular weight excluding hydrogens is 594 g/mol. The molecule has 2 spiro atoms. The molecule has 0 saturated carbocycles. The molecule has 5 aliphatic heterocycles. The predicted octanol–water partition coefficient (Wildman–Crippen LogP) is 7.31. The van der Waals surface area contributed by atoms with E-state index in [2.05, 4.69) is 41.2 Å². The minimum absolute atomic E-state index is 0.0710. The zero-order chi connectivity index (χ0) is 33.1. The van der Waals surface area contributed by atoms with Crippen molar-refractivity contribution in [2.24, 2.45) is 5.92 Å². The van der Waals surface area contributed by atoms with Gasteiger partial charge in [-0.2, -0.15) is 0 Å². The summed E-state index contributed by atoms with van der Waals surface area (Å²) in [6.45, 7) is 4.81. The Labute approximate surface area is 283 Å². The number of guanidine groups is 1. The molecule has 5 heterocycles. The molecule has 9 heteroatoms. The summed E-state index contributed by atoms with van der Waals surface area (Å²) in [7, 11) is 0. The van der Waals surface area contributed by atoms with Crippen LogP contribution in [0.1, 0.15) is 162 Å². The molecular formula is C38H64N3O6+. The van der Waals surface area contributed by atoms with Crippen LogP contribution in [0.4, 0.5) is 0 Å². The van der Waals surface area contributed by atoms with Crippen molar-refractivity contribution >= 4 is 17.9 Å². The van der Waals surface area contributed by atoms with Crippen LogP contribution in [-0.4, -0.2) is 69.9 Å². The number of carboxylic acid groups (broad SMARTS) is 1. The van der Waals surface area contributed by atoms with Gasteiger partial charge in [0.1, 0.15) is 0 Å². The maximum absolute atomic E-state index is 14.0. The summed E-state index contributed by atoms with van der Waals surface area (Å²) in [4.78, 5) is 24.5. The Kier molecular flexibility index (Phi) is 13.5. The van der Waals surface area contributed by atoms with Gasteiger partial charge in [0.05, 0.1) is 30.9 Å². The van der Waals surface area contributed by atoms with Gasteiger partial charge in [0.25, 0.3) is 0 Å². The number of hydrogen-bond donors (Lipinski definition) is 3. The first-order valence-electron chi connectivity index (χ1n) is 19.5. The van der Waals surface area contributed by atoms with Gasteiger partial charge in [0.2, 0.25) is 5.72 Å². The standard InChI is InChI=1S/C38H63N3O6/c1-3-31-21-16-17-25-37(47-31)28-30-23-24-32-34(38(26-19-20-29(2)46-38)40-36(39-37)41(30)32)35(44)45-27-18-14-12-10-8-6-4-5-7-9-11-13-15-22-33(42)43/h16,21,29-32,34H,3-15,17-20,22-28H2,1-2H3,(H2,39,40,42,43)/p+1. The lowest BCUT2D eigenvalue weighted by atomic mass is 9.80. The van der Waals surface area contributed by atoms with E-state index < -0.39 is 17.4 Å². The largest absolute Gasteiger partial charge is 0.481 e. The molecule has 266 valence electrons. The highest BCUT2D eigenvalue weighted by Crippen LogP contribution is 2.45. The fourth-order valence-electron chi connectivity index (χ4n) is 8.98. The van der Waals surface area contributed by atoms with Crippen LogP contribution < -0.4 is 10.6 Å². The highest BCUT2D eigenvalue weighted by atomic mass is 16.6. The van der Waals surface area contributed by atoms with Crippen molar-refractivity contribution in [2.45, 2.75) is 197 Å². The van der Waals surface area contributed by atoms with E-state index in [1.54, 1.807) is 0 Å². The Morgan fingerprint density at radius 2 is 1.60 bits per heavy atom. The quantitative estimate of drug-likeness (QED) is 0.0609. The Bertz CT molecular complexity index is 1100. The summed E-state index contributed by atoms with van der Waals surface area (Å²) < 4.78 is 22.1. The number of allylic oxidation sites excluding steroid dienone is 1. The monoisotopic (exact) mass is 658 g/mol. The Morgan fingerprint density at radius 1 is 0.915 bits per heavy atom. The van der Waals surface area contributed by atoms with Crippen molar-refractivity contribution in [1.29, 1.82) is 0 Å². The zero-order valence-electron chi connectivity index (χ0n) is 29.4. The number of esters is 1. The van der Waals surface area contributed by atoms with Gasteiger partial charge in [-0.3, -0.25) is 14.2 Å². The van der Waals surface area contributed by atoms with Crippen LogP contribution in [0.25, 0.3) is 0 Å². The summed E-state index contributed by atoms with van der Waals surface area (Å²) in [5.74, 6) is -0.132. The number of carbonyl (C=O) groups is 2. The second-order valence-electron chi connectivity index (χ2n) is 15.1. The molecule has 2 fully saturated rings. The van der Waals surface area contributed by atoms with Gasteiger partial charge in [-0.15, -0.1) is 0 Å². The lowest BCUT2D eigenvalue weighted by Gasteiger charge is -2.50. The van der Waals surface area contributed by atoms with E-state index in [-0.39, 0.29) is 30.1 Å². The van der Waals surface area contributed by atoms with Gasteiger partial charge in [0, 0.05) is 25.7 Å². The normalized spacial score (nSPS) is 32.9. The molecule has 9 nitrogen and oxygen atoms in total. The first kappa shape index (κ1) is 36.2. The molecule has 3 N–H and O–H groups in total. The average Bonchev–Trinajstić information content (AvgIpc) is 3.34. The second kappa shape index (κ2) is 17.5. The number of hydrogen-bond acceptors (Lipinski definition) is 7. The molecule has 0 aliphatic carbocycles. The van der Waals surface area contributed by atoms with Crippen LogP contribution in [0, 0.1) is 5.92 Å². The number of nitrogens with zero attached hydrogens (tertiary/aromatic N) is 1. The molecule has 0 bridgehead atoms. The van der Waals surface area contributed by atoms with Crippen LogP contribution in [-0.2, 0) is 23.8 Å². The van der Waals surface area contributed by atoms with E-state index in [4.69, 9.17) is 19.3 Å². The molecule has 5 aliphatic rings. The van der Waals surface area contributed by atoms with Crippen molar-refractivity contribution in [1.82, 2.24) is 10.6 Å². The van der Waals surface area contributed by atoms with E-state index in [1.807, 2.05) is 0 Å². The van der Waals surface area contributed by atoms with Gasteiger partial charge in [-0.05, 0) is 58.3 Å². The maximum Gasteiger partial charge on any atom is 0.350 e. The number of aliphatic carboxylic acids is 1. The van der Waals surface area contributed by atoms with Crippen LogP contribution in [0.15, 0.2) is 12.2 Å². The van der Waals surface area contributed by atoms with E-state index in [9.17, 15) is 9.59 Å². The lowest BCUT2D eigenvalue weighted by Crippen LogP contribution is -2.76. The van der Waals surface area contributed by atoms with Gasteiger partial charge in [-0.25, -0.2) is 10.6 Å². The number of carbonyl (C=O) groups excluding carboxylic acids is 1. The van der Waals surface area contributed by atoms with E-state index in [1.165, 1.54) is 51.4 Å². The molecule has 0 aromatic carbocycles. The fraction of sp³-hybridized carbons (Fsp3) is 0.868. The van der Waals surface area contributed by atoms with Crippen molar-refractivity contribution in [3.05, 3.63) is 12.2 Å². The van der Waals surface area contributed by atoms with E-state index in [0.717, 1.165) is 95.9 Å². The summed E-state index contributed by atoms with van der Waals surface area (Å²) in [6, 6.07) is 0.408. The molecule has 0 amide bonds. The number of unbranched alkanes of at least 4 members (excludes halogenated alkanes) is 12. The van der Waals surface area contributed by atoms with Crippen molar-refractivity contribution < 1.29 is 33.5 Å². The van der Waals surface area contributed by atoms with Gasteiger partial charge < -0.3 is 19.3 Å². The van der Waals surface area contributed by atoms with Crippen molar-refractivity contribution in [2.75, 3.05) is 6.61 Å². The molecule has 0 radical (unpaired) electrons. The molecule has 5 rings (SSSR count). The molecule has 7 unspecified atom stereocenters. The second-order valence-corrected chi connectivity index (χ2v) is 15.1. The van der Waals surface area contributed by atoms with E-state index in [0.29, 0.717) is 19.1 Å². The van der Waals surface area contributed by atoms with Gasteiger partial charge in [0.15, 0.2) is 11.6 Å². The van der Waals surface area contributed by atoms with Crippen molar-refractivity contribution in [3.8, 4) is 0 Å². The molecule has 0 aromatic rings. The molecule has 7 atom stereocenters. The number of nitrogens with one attached hydrogen (secondary N) is 2. The minimum Gasteiger partial charge on any atom is -0.481 e. The first-order chi connectivity index (χ1) is 22.8. The number of ether oxygens (including phenoxy) is 3. The predicted molar refractivity (Wildman–Crippen MR) is 183 cm³/mol. The lowest BCUT2D eigenvalue weighted by molar-refractivity contribution is -0.609. The van der Waals surface area contributed by atoms with Crippen molar-refractivity contribution in [3.63, 3.8) is 0 Å². The summed E-state index contributed by atoms with van der Waals surface area (Å²) in [6.07, 6.45) is 28.8. The van der Waals surface area contributed by atoms with Gasteiger partial charge >= 0.3 is 17.9 Å². The van der Waals surface area contributed by atoms with Crippen LogP contribution in [0.3, 0.4) is 0 Å². The van der Waals surface area contributed by atoms with Crippen LogP contribution >= 0.6 is 0 Å².